The van der Waals surface area contributed by atoms with Gasteiger partial charge in [-0.25, -0.2) is 0 Å². The summed E-state index contributed by atoms with van der Waals surface area (Å²) in [5.41, 5.74) is 0. The largest absolute Gasteiger partial charge is 0.384 e. The average Bonchev–Trinajstić information content (AvgIpc) is 1.62. The zero-order chi connectivity index (χ0) is 6.78. The zero-order valence-corrected chi connectivity index (χ0v) is 8.11. The van der Waals surface area contributed by atoms with E-state index in [2.05, 4.69) is 0 Å². The molecule has 0 aromatic carbocycles. The Morgan fingerprint density at radius 3 is 1.75 bits per heavy atom. The van der Waals surface area contributed by atoms with Crippen molar-refractivity contribution >= 4 is 50.8 Å². The second kappa shape index (κ2) is 3.33. The highest BCUT2D eigenvalue weighted by atomic mass is 35.8. The van der Waals surface area contributed by atoms with Crippen LogP contribution in [0.3, 0.4) is 0 Å². The van der Waals surface area contributed by atoms with E-state index in [1.54, 1.807) is 13.0 Å². The predicted molar refractivity (Wildman–Crippen MR) is 42.9 cm³/mol. The molecule has 0 bridgehead atoms. The van der Waals surface area contributed by atoms with Crippen LogP contribution in [0.15, 0.2) is 10.7 Å². The second-order valence-electron chi connectivity index (χ2n) is 1.13. The summed E-state index contributed by atoms with van der Waals surface area (Å²) >= 11 is 21.8. The highest BCUT2D eigenvalue weighted by Gasteiger charge is 2.28. The van der Waals surface area contributed by atoms with Crippen LogP contribution < -0.4 is 0 Å². The Kier molecular flexibility index (Phi) is 3.79. The van der Waals surface area contributed by atoms with E-state index in [0.29, 0.717) is 4.66 Å². The minimum Gasteiger partial charge on any atom is -0.120 e. The van der Waals surface area contributed by atoms with Crippen molar-refractivity contribution < 1.29 is 0 Å². The van der Waals surface area contributed by atoms with Gasteiger partial charge < -0.3 is 0 Å². The Morgan fingerprint density at radius 2 is 1.75 bits per heavy atom. The van der Waals surface area contributed by atoms with Crippen LogP contribution in [-0.4, -0.2) is 6.00 Å². The maximum Gasteiger partial charge on any atom is 0.384 e. The van der Waals surface area contributed by atoms with Crippen molar-refractivity contribution in [3.8, 4) is 0 Å². The fraction of sp³-hybridized carbons (Fsp3) is 0.333. The van der Waals surface area contributed by atoms with E-state index in [9.17, 15) is 0 Å². The molecule has 0 atom stereocenters. The molecular formula is C3H4Cl4Si. The summed E-state index contributed by atoms with van der Waals surface area (Å²) < 4.78 is 0.363. The summed E-state index contributed by atoms with van der Waals surface area (Å²) in [4.78, 5) is 0. The molecule has 0 aliphatic rings. The van der Waals surface area contributed by atoms with Crippen LogP contribution in [0.2, 0.25) is 0 Å². The highest BCUT2D eigenvalue weighted by Crippen LogP contribution is 2.30. The third-order valence-electron chi connectivity index (χ3n) is 0.524. The van der Waals surface area contributed by atoms with Gasteiger partial charge >= 0.3 is 6.00 Å². The smallest absolute Gasteiger partial charge is 0.120 e. The van der Waals surface area contributed by atoms with E-state index in [4.69, 9.17) is 44.8 Å². The summed E-state index contributed by atoms with van der Waals surface area (Å²) in [7, 11) is 0. The average molecular weight is 210 g/mol. The van der Waals surface area contributed by atoms with Gasteiger partial charge in [0.25, 0.3) is 0 Å². The van der Waals surface area contributed by atoms with Crippen molar-refractivity contribution in [3.05, 3.63) is 10.7 Å². The second-order valence-corrected chi connectivity index (χ2v) is 10.2. The summed E-state index contributed by atoms with van der Waals surface area (Å²) in [6, 6.07) is -2.72. The lowest BCUT2D eigenvalue weighted by atomic mass is 10.8. The van der Waals surface area contributed by atoms with Crippen molar-refractivity contribution in [2.24, 2.45) is 0 Å². The van der Waals surface area contributed by atoms with Crippen LogP contribution in [0.4, 0.5) is 0 Å². The summed E-state index contributed by atoms with van der Waals surface area (Å²) in [6.07, 6.45) is 1.60. The summed E-state index contributed by atoms with van der Waals surface area (Å²) in [5.74, 6) is 0. The fourth-order valence-corrected chi connectivity index (χ4v) is 1.47. The van der Waals surface area contributed by atoms with Gasteiger partial charge in [-0.2, -0.15) is 0 Å². The maximum atomic E-state index is 5.47. The van der Waals surface area contributed by atoms with E-state index < -0.39 is 6.00 Å². The van der Waals surface area contributed by atoms with E-state index in [-0.39, 0.29) is 0 Å². The van der Waals surface area contributed by atoms with Crippen molar-refractivity contribution in [1.82, 2.24) is 0 Å². The number of rotatable bonds is 1. The molecule has 0 spiro atoms. The van der Waals surface area contributed by atoms with Gasteiger partial charge in [0.1, 0.15) is 0 Å². The lowest BCUT2D eigenvalue weighted by Gasteiger charge is -2.02. The first-order valence-corrected chi connectivity index (χ1v) is 7.29. The quantitative estimate of drug-likeness (QED) is 0.459. The normalized spacial score (nSPS) is 14.4. The van der Waals surface area contributed by atoms with Crippen LogP contribution in [0.5, 0.6) is 0 Å². The maximum absolute atomic E-state index is 5.47. The van der Waals surface area contributed by atoms with Crippen molar-refractivity contribution in [2.75, 3.05) is 0 Å². The molecule has 0 aromatic rings. The highest BCUT2D eigenvalue weighted by molar-refractivity contribution is 7.68. The minimum atomic E-state index is -2.72. The summed E-state index contributed by atoms with van der Waals surface area (Å²) in [5, 5.41) is 0. The van der Waals surface area contributed by atoms with Gasteiger partial charge in [0.15, 0.2) is 0 Å². The lowest BCUT2D eigenvalue weighted by molar-refractivity contribution is 1.76. The van der Waals surface area contributed by atoms with Gasteiger partial charge in [0, 0.05) is 4.66 Å². The van der Waals surface area contributed by atoms with E-state index in [1.165, 1.54) is 0 Å². The first kappa shape index (κ1) is 9.12. The fourth-order valence-electron chi connectivity index (χ4n) is 0.164. The van der Waals surface area contributed by atoms with Crippen molar-refractivity contribution in [3.63, 3.8) is 0 Å². The summed E-state index contributed by atoms with van der Waals surface area (Å²) in [6.45, 7) is 1.73. The predicted octanol–water partition coefficient (Wildman–Crippen LogP) is 3.32. The van der Waals surface area contributed by atoms with Crippen molar-refractivity contribution in [1.29, 1.82) is 0 Å². The van der Waals surface area contributed by atoms with Gasteiger partial charge in [0.05, 0.1) is 0 Å². The number of allylic oxidation sites excluding steroid dienone is 1. The Bertz CT molecular complexity index is 102. The molecular weight excluding hydrogens is 206 g/mol. The monoisotopic (exact) mass is 208 g/mol. The Labute approximate surface area is 68.5 Å². The van der Waals surface area contributed by atoms with E-state index >= 15 is 0 Å². The molecule has 0 saturated heterocycles. The SMILES string of the molecule is CC=C(Cl)[Si](Cl)(Cl)Cl. The molecule has 0 amide bonds. The Hall–Kier alpha value is 1.12. The Morgan fingerprint density at radius 1 is 1.38 bits per heavy atom. The van der Waals surface area contributed by atoms with Crippen LogP contribution in [-0.2, 0) is 0 Å². The van der Waals surface area contributed by atoms with E-state index in [1.807, 2.05) is 0 Å². The molecule has 48 valence electrons. The van der Waals surface area contributed by atoms with E-state index in [0.717, 1.165) is 0 Å². The molecule has 0 radical (unpaired) electrons. The molecule has 0 rings (SSSR count). The topological polar surface area (TPSA) is 0 Å². The van der Waals surface area contributed by atoms with Crippen LogP contribution in [0.1, 0.15) is 6.92 Å². The molecule has 0 unspecified atom stereocenters. The van der Waals surface area contributed by atoms with Crippen LogP contribution in [0, 0.1) is 0 Å². The first-order chi connectivity index (χ1) is 3.48. The minimum absolute atomic E-state index is 0.363. The van der Waals surface area contributed by atoms with Gasteiger partial charge in [-0.3, -0.25) is 0 Å². The molecule has 0 fully saturated rings. The van der Waals surface area contributed by atoms with Crippen LogP contribution >= 0.6 is 44.8 Å². The van der Waals surface area contributed by atoms with Gasteiger partial charge in [-0.05, 0) is 6.92 Å². The molecule has 0 N–H and O–H groups in total. The standard InChI is InChI=1S/C3H4Cl4Si/c1-2-3(4)8(5,6)7/h2H,1H3. The molecule has 0 saturated carbocycles. The van der Waals surface area contributed by atoms with Gasteiger partial charge in [0.2, 0.25) is 0 Å². The lowest BCUT2D eigenvalue weighted by Crippen LogP contribution is -2.08. The van der Waals surface area contributed by atoms with Crippen LogP contribution in [0.25, 0.3) is 0 Å². The van der Waals surface area contributed by atoms with Gasteiger partial charge in [-0.1, -0.05) is 17.7 Å². The number of hydrogen-bond acceptors (Lipinski definition) is 0. The van der Waals surface area contributed by atoms with Gasteiger partial charge in [-0.15, -0.1) is 33.2 Å². The number of hydrogen-bond donors (Lipinski definition) is 0. The third kappa shape index (κ3) is 3.20. The molecule has 0 aliphatic carbocycles. The molecule has 8 heavy (non-hydrogen) atoms. The molecule has 5 heteroatoms. The number of halogens is 4. The van der Waals surface area contributed by atoms with Crippen molar-refractivity contribution in [2.45, 2.75) is 6.92 Å². The molecule has 0 aliphatic heterocycles. The Balaban J connectivity index is 4.03. The molecule has 0 heterocycles. The first-order valence-electron chi connectivity index (χ1n) is 1.87. The molecule has 0 nitrogen and oxygen atoms in total. The zero-order valence-electron chi connectivity index (χ0n) is 4.09. The third-order valence-corrected chi connectivity index (χ3v) is 5.13. The molecule has 0 aromatic heterocycles.